The van der Waals surface area contributed by atoms with Crippen molar-refractivity contribution in [2.45, 2.75) is 32.2 Å². The molecule has 0 aliphatic rings. The molecule has 0 aliphatic heterocycles. The first kappa shape index (κ1) is 15.5. The van der Waals surface area contributed by atoms with Crippen LogP contribution in [0.2, 0.25) is 0 Å². The minimum atomic E-state index is -3.81. The van der Waals surface area contributed by atoms with E-state index in [-0.39, 0.29) is 22.7 Å². The van der Waals surface area contributed by atoms with Gasteiger partial charge in [-0.2, -0.15) is 0 Å². The molecule has 0 aliphatic carbocycles. The highest BCUT2D eigenvalue weighted by Gasteiger charge is 2.23. The Labute approximate surface area is 123 Å². The first-order valence-corrected chi connectivity index (χ1v) is 7.81. The van der Waals surface area contributed by atoms with Crippen molar-refractivity contribution in [1.29, 1.82) is 0 Å². The number of sulfonamides is 1. The molecule has 21 heavy (non-hydrogen) atoms. The molecule has 0 saturated carbocycles. The molecule has 0 unspecified atom stereocenters. The van der Waals surface area contributed by atoms with Crippen LogP contribution in [0.25, 0.3) is 0 Å². The van der Waals surface area contributed by atoms with Gasteiger partial charge in [0.1, 0.15) is 17.3 Å². The summed E-state index contributed by atoms with van der Waals surface area (Å²) < 4.78 is 46.0. The number of rotatable bonds is 4. The quantitative estimate of drug-likeness (QED) is 0.849. The summed E-state index contributed by atoms with van der Waals surface area (Å²) in [4.78, 5) is 0.00433. The second-order valence-electron chi connectivity index (χ2n) is 4.88. The second kappa shape index (κ2) is 5.50. The molecule has 3 N–H and O–H groups in total. The predicted octanol–water partition coefficient (Wildman–Crippen LogP) is 2.40. The lowest BCUT2D eigenvalue weighted by molar-refractivity contribution is 0.475. The number of furan rings is 1. The molecule has 1 heterocycles. The Balaban J connectivity index is 2.34. The van der Waals surface area contributed by atoms with Crippen LogP contribution in [0.3, 0.4) is 0 Å². The summed E-state index contributed by atoms with van der Waals surface area (Å²) in [5, 5.41) is 0. The lowest BCUT2D eigenvalue weighted by Crippen LogP contribution is -2.25. The third-order valence-corrected chi connectivity index (χ3v) is 4.89. The SMILES string of the molecule is Cc1ccc(CNS(=O)(=O)c2c(C)cc(F)c(N)c2C)o1. The monoisotopic (exact) mass is 312 g/mol. The summed E-state index contributed by atoms with van der Waals surface area (Å²) in [5.41, 5.74) is 5.93. The Morgan fingerprint density at radius 2 is 1.95 bits per heavy atom. The van der Waals surface area contributed by atoms with Crippen LogP contribution in [0, 0.1) is 26.6 Å². The van der Waals surface area contributed by atoms with Crippen LogP contribution in [0.15, 0.2) is 27.5 Å². The molecule has 1 aromatic carbocycles. The lowest BCUT2D eigenvalue weighted by atomic mass is 10.1. The summed E-state index contributed by atoms with van der Waals surface area (Å²) in [6.07, 6.45) is 0. The maximum absolute atomic E-state index is 13.5. The van der Waals surface area contributed by atoms with Crippen LogP contribution in [0.4, 0.5) is 10.1 Å². The topological polar surface area (TPSA) is 85.3 Å². The molecule has 114 valence electrons. The zero-order valence-corrected chi connectivity index (χ0v) is 12.8. The van der Waals surface area contributed by atoms with Crippen LogP contribution >= 0.6 is 0 Å². The first-order valence-electron chi connectivity index (χ1n) is 6.32. The molecule has 0 spiro atoms. The molecule has 5 nitrogen and oxygen atoms in total. The van der Waals surface area contributed by atoms with Gasteiger partial charge in [0, 0.05) is 0 Å². The fourth-order valence-electron chi connectivity index (χ4n) is 2.16. The van der Waals surface area contributed by atoms with Gasteiger partial charge in [0.15, 0.2) is 0 Å². The average Bonchev–Trinajstić information content (AvgIpc) is 2.79. The molecule has 7 heteroatoms. The van der Waals surface area contributed by atoms with E-state index in [1.165, 1.54) is 13.8 Å². The molecule has 0 bridgehead atoms. The Morgan fingerprint density at radius 1 is 1.29 bits per heavy atom. The van der Waals surface area contributed by atoms with Crippen LogP contribution in [0.1, 0.15) is 22.6 Å². The summed E-state index contributed by atoms with van der Waals surface area (Å²) >= 11 is 0. The number of aryl methyl sites for hydroxylation is 2. The van der Waals surface area contributed by atoms with E-state index >= 15 is 0 Å². The highest BCUT2D eigenvalue weighted by atomic mass is 32.2. The van der Waals surface area contributed by atoms with E-state index in [1.54, 1.807) is 19.1 Å². The molecule has 2 aromatic rings. The standard InChI is InChI=1S/C14H17FN2O3S/c1-8-6-12(15)13(16)10(3)14(8)21(18,19)17-7-11-5-4-9(2)20-11/h4-6,17H,7,16H2,1-3H3. The maximum atomic E-state index is 13.5. The van der Waals surface area contributed by atoms with Gasteiger partial charge in [-0.05, 0) is 50.1 Å². The van der Waals surface area contributed by atoms with E-state index in [0.717, 1.165) is 6.07 Å². The lowest BCUT2D eigenvalue weighted by Gasteiger charge is -2.14. The normalized spacial score (nSPS) is 11.8. The predicted molar refractivity (Wildman–Crippen MR) is 77.8 cm³/mol. The Hall–Kier alpha value is -1.86. The van der Waals surface area contributed by atoms with Crippen molar-refractivity contribution < 1.29 is 17.2 Å². The number of nitrogen functional groups attached to an aromatic ring is 1. The number of halogens is 1. The van der Waals surface area contributed by atoms with Gasteiger partial charge < -0.3 is 10.2 Å². The summed E-state index contributed by atoms with van der Waals surface area (Å²) in [5.74, 6) is 0.578. The van der Waals surface area contributed by atoms with Crippen molar-refractivity contribution in [3.05, 3.63) is 46.7 Å². The van der Waals surface area contributed by atoms with E-state index in [0.29, 0.717) is 17.1 Å². The number of nitrogens with two attached hydrogens (primary N) is 1. The second-order valence-corrected chi connectivity index (χ2v) is 6.58. The van der Waals surface area contributed by atoms with E-state index < -0.39 is 15.8 Å². The molecule has 0 radical (unpaired) electrons. The van der Waals surface area contributed by atoms with Gasteiger partial charge in [-0.3, -0.25) is 0 Å². The van der Waals surface area contributed by atoms with Crippen LogP contribution in [0.5, 0.6) is 0 Å². The van der Waals surface area contributed by atoms with Crippen molar-refractivity contribution in [3.63, 3.8) is 0 Å². The third-order valence-electron chi connectivity index (χ3n) is 3.20. The van der Waals surface area contributed by atoms with Crippen molar-refractivity contribution in [1.82, 2.24) is 4.72 Å². The summed E-state index contributed by atoms with van der Waals surface area (Å²) in [6, 6.07) is 4.56. The first-order chi connectivity index (χ1) is 9.72. The maximum Gasteiger partial charge on any atom is 0.241 e. The smallest absolute Gasteiger partial charge is 0.241 e. The third kappa shape index (κ3) is 3.08. The van der Waals surface area contributed by atoms with Crippen LogP contribution in [-0.2, 0) is 16.6 Å². The Kier molecular flexibility index (Phi) is 4.06. The van der Waals surface area contributed by atoms with E-state index in [9.17, 15) is 12.8 Å². The summed E-state index contributed by atoms with van der Waals surface area (Å²) in [6.45, 7) is 4.80. The highest BCUT2D eigenvalue weighted by molar-refractivity contribution is 7.89. The fraction of sp³-hybridized carbons (Fsp3) is 0.286. The Morgan fingerprint density at radius 3 is 2.52 bits per heavy atom. The largest absolute Gasteiger partial charge is 0.465 e. The van der Waals surface area contributed by atoms with E-state index in [1.807, 2.05) is 0 Å². The zero-order valence-electron chi connectivity index (χ0n) is 12.0. The van der Waals surface area contributed by atoms with Crippen LogP contribution < -0.4 is 10.5 Å². The van der Waals surface area contributed by atoms with Gasteiger partial charge in [-0.25, -0.2) is 17.5 Å². The fourth-order valence-corrected chi connectivity index (χ4v) is 3.63. The Bertz CT molecular complexity index is 782. The van der Waals surface area contributed by atoms with Gasteiger partial charge in [0.2, 0.25) is 10.0 Å². The van der Waals surface area contributed by atoms with Gasteiger partial charge in [0.25, 0.3) is 0 Å². The number of anilines is 1. The number of nitrogens with one attached hydrogen (secondary N) is 1. The number of hydrogen-bond donors (Lipinski definition) is 2. The van der Waals surface area contributed by atoms with E-state index in [4.69, 9.17) is 10.2 Å². The van der Waals surface area contributed by atoms with Gasteiger partial charge in [-0.1, -0.05) is 0 Å². The molecule has 2 rings (SSSR count). The van der Waals surface area contributed by atoms with Crippen LogP contribution in [-0.4, -0.2) is 8.42 Å². The molecular formula is C14H17FN2O3S. The number of benzene rings is 1. The van der Waals surface area contributed by atoms with Gasteiger partial charge in [-0.15, -0.1) is 0 Å². The summed E-state index contributed by atoms with van der Waals surface area (Å²) in [7, 11) is -3.81. The van der Waals surface area contributed by atoms with Crippen molar-refractivity contribution in [2.75, 3.05) is 5.73 Å². The molecular weight excluding hydrogens is 295 g/mol. The molecule has 1 aromatic heterocycles. The average molecular weight is 312 g/mol. The molecule has 0 fully saturated rings. The van der Waals surface area contributed by atoms with Crippen molar-refractivity contribution in [3.8, 4) is 0 Å². The minimum absolute atomic E-state index is 0.00433. The highest BCUT2D eigenvalue weighted by Crippen LogP contribution is 2.27. The van der Waals surface area contributed by atoms with Gasteiger partial charge >= 0.3 is 0 Å². The molecule has 0 saturated heterocycles. The molecule has 0 atom stereocenters. The minimum Gasteiger partial charge on any atom is -0.465 e. The molecule has 0 amide bonds. The van der Waals surface area contributed by atoms with Crippen molar-refractivity contribution >= 4 is 15.7 Å². The number of hydrogen-bond acceptors (Lipinski definition) is 4. The zero-order chi connectivity index (χ0) is 15.8. The van der Waals surface area contributed by atoms with E-state index in [2.05, 4.69) is 4.72 Å². The van der Waals surface area contributed by atoms with Gasteiger partial charge in [0.05, 0.1) is 17.1 Å². The van der Waals surface area contributed by atoms with Crippen molar-refractivity contribution in [2.24, 2.45) is 0 Å².